The summed E-state index contributed by atoms with van der Waals surface area (Å²) in [6, 6.07) is 0. The number of nitrogens with two attached hydrogens (primary N) is 2. The third kappa shape index (κ3) is 25.1. The van der Waals surface area contributed by atoms with Gasteiger partial charge in [-0.2, -0.15) is 0 Å². The molecule has 0 heterocycles. The van der Waals surface area contributed by atoms with E-state index < -0.39 is 35.8 Å². The molecule has 0 bridgehead atoms. The van der Waals surface area contributed by atoms with E-state index in [-0.39, 0.29) is 65.5 Å². The topological polar surface area (TPSA) is 233 Å². The Hall–Kier alpha value is 1.08. The van der Waals surface area contributed by atoms with Crippen molar-refractivity contribution < 1.29 is 113 Å². The van der Waals surface area contributed by atoms with Crippen LogP contribution in [0.5, 0.6) is 0 Å². The van der Waals surface area contributed by atoms with Gasteiger partial charge in [0.05, 0.1) is 13.1 Å². The summed E-state index contributed by atoms with van der Waals surface area (Å²) in [6.07, 6.45) is 0. The van der Waals surface area contributed by atoms with Crippen molar-refractivity contribution in [1.82, 2.24) is 0 Å². The first kappa shape index (κ1) is 39.5. The largest absolute Gasteiger partial charge is 0.531 e. The van der Waals surface area contributed by atoms with Gasteiger partial charge in [0.25, 0.3) is 0 Å². The number of phosphoric acid groups is 2. The molecule has 0 atom stereocenters. The molecule has 20 heteroatoms. The van der Waals surface area contributed by atoms with E-state index in [1.807, 2.05) is 0 Å². The normalized spacial score (nSPS) is 10.0. The van der Waals surface area contributed by atoms with Crippen molar-refractivity contribution in [2.24, 2.45) is 11.5 Å². The smallest absolute Gasteiger partial charge is 0.369 e. The minimum absolute atomic E-state index is 0. The van der Waals surface area contributed by atoms with Gasteiger partial charge in [-0.1, -0.05) is 0 Å². The van der Waals surface area contributed by atoms with Crippen molar-refractivity contribution in [3.05, 3.63) is 0 Å². The Kier molecular flexibility index (Phi) is 32.1. The maximum atomic E-state index is 11.0. The summed E-state index contributed by atoms with van der Waals surface area (Å²) in [5.41, 5.74) is 9.76. The molecule has 28 heavy (non-hydrogen) atoms. The molecule has 0 aliphatic rings. The number of hydrogen-bond donors (Lipinski definition) is 4. The van der Waals surface area contributed by atoms with Crippen LogP contribution in [0.15, 0.2) is 0 Å². The third-order valence-corrected chi connectivity index (χ3v) is 4.30. The molecule has 166 valence electrons. The predicted octanol–water partition coefficient (Wildman–Crippen LogP) is -0.866. The molecule has 6 N–H and O–H groups in total. The van der Waals surface area contributed by atoms with Crippen LogP contribution in [-0.4, -0.2) is 63.3 Å². The number of rotatable bonds is 8. The summed E-state index contributed by atoms with van der Waals surface area (Å²) in [5.74, 6) is -1.67. The zero-order chi connectivity index (χ0) is 21.4. The minimum atomic E-state index is -3.68. The molecular weight excluding hydrogens is 607 g/mol. The van der Waals surface area contributed by atoms with Gasteiger partial charge in [-0.3, -0.25) is 32.2 Å². The van der Waals surface area contributed by atoms with Gasteiger partial charge in [0.15, 0.2) is 0 Å². The molecule has 0 spiro atoms. The fourth-order valence-electron chi connectivity index (χ4n) is 0.622. The number of carbonyl (C=O) groups excluding carboxylic acids is 2. The summed E-state index contributed by atoms with van der Waals surface area (Å²) < 4.78 is 56.3. The first-order valence-corrected chi connectivity index (χ1v) is 10.3. The fraction of sp³-hybridized carbons (Fsp3) is 0.750. The van der Waals surface area contributed by atoms with E-state index >= 15 is 0 Å². The van der Waals surface area contributed by atoms with Gasteiger partial charge in [-0.05, 0) is 0 Å². The Bertz CT molecular complexity index is 478. The standard InChI is InChI=1S/2C4H10NO5P.H3O3P.2Zr/c2*1-8-11(7,9-2)10-4(6)3-5;1-4(2)3;;/h2*3,5H2,1-2H3;4H,(H2,1,2,3);;. The van der Waals surface area contributed by atoms with Gasteiger partial charge in [0.2, 0.25) is 0 Å². The summed E-state index contributed by atoms with van der Waals surface area (Å²) in [4.78, 5) is 35.2. The molecule has 0 aromatic carbocycles. The zero-order valence-electron chi connectivity index (χ0n) is 15.3. The molecule has 0 amide bonds. The van der Waals surface area contributed by atoms with Crippen molar-refractivity contribution in [1.29, 1.82) is 0 Å². The van der Waals surface area contributed by atoms with Gasteiger partial charge < -0.3 is 30.3 Å². The quantitative estimate of drug-likeness (QED) is 0.239. The van der Waals surface area contributed by atoms with Crippen molar-refractivity contribution in [2.45, 2.75) is 0 Å². The second-order valence-electron chi connectivity index (χ2n) is 3.24. The van der Waals surface area contributed by atoms with E-state index in [1.54, 1.807) is 0 Å². The first-order valence-electron chi connectivity index (χ1n) is 6.09. The molecule has 0 aromatic heterocycles. The molecule has 0 saturated carbocycles. The Morgan fingerprint density at radius 2 is 0.964 bits per heavy atom. The number of carbonyl (C=O) groups is 2. The molecule has 15 nitrogen and oxygen atoms in total. The molecule has 0 rings (SSSR count). The summed E-state index contributed by atoms with van der Waals surface area (Å²) in [6.45, 7) is -0.729. The summed E-state index contributed by atoms with van der Waals surface area (Å²) in [5, 5.41) is 0. The van der Waals surface area contributed by atoms with Crippen LogP contribution in [0.25, 0.3) is 0 Å². The molecule has 0 saturated heterocycles. The van der Waals surface area contributed by atoms with Crippen LogP contribution in [0, 0.1) is 0 Å². The molecular formula is C8H23N2O13P3Zr2. The number of hydrogen-bond acceptors (Lipinski definition) is 13. The van der Waals surface area contributed by atoms with Crippen LogP contribution in [0.1, 0.15) is 0 Å². The van der Waals surface area contributed by atoms with Gasteiger partial charge >= 0.3 is 35.8 Å². The monoisotopic (exact) mass is 628 g/mol. The van der Waals surface area contributed by atoms with E-state index in [9.17, 15) is 18.7 Å². The summed E-state index contributed by atoms with van der Waals surface area (Å²) in [7, 11) is -6.08. The fourth-order valence-corrected chi connectivity index (χ4v) is 1.87. The molecule has 0 aromatic rings. The first-order chi connectivity index (χ1) is 11.9. The van der Waals surface area contributed by atoms with Gasteiger partial charge in [-0.15, -0.1) is 0 Å². The molecule has 0 radical (unpaired) electrons. The maximum absolute atomic E-state index is 11.0. The van der Waals surface area contributed by atoms with Gasteiger partial charge in [0.1, 0.15) is 0 Å². The maximum Gasteiger partial charge on any atom is 0.531 e. The number of phosphoric ester groups is 2. The molecule has 0 unspecified atom stereocenters. The van der Waals surface area contributed by atoms with E-state index in [0.717, 1.165) is 28.4 Å². The zero-order valence-corrected chi connectivity index (χ0v) is 23.1. The molecule has 0 aliphatic heterocycles. The average Bonchev–Trinajstić information content (AvgIpc) is 2.61. The summed E-state index contributed by atoms with van der Waals surface area (Å²) >= 11 is 0. The molecule has 0 aliphatic carbocycles. The van der Waals surface area contributed by atoms with Crippen LogP contribution in [0.4, 0.5) is 0 Å². The van der Waals surface area contributed by atoms with Crippen molar-refractivity contribution in [2.75, 3.05) is 41.5 Å². The SMILES string of the molecule is COP(=O)(OC)OC(=O)CN.COP(=O)(OC)OC(=O)CN.O=[PH](O)O.[Zr].[Zr]. The average molecular weight is 631 g/mol. The van der Waals surface area contributed by atoms with Crippen LogP contribution in [-0.2, 0) is 103 Å². The second-order valence-corrected chi connectivity index (χ2v) is 7.42. The van der Waals surface area contributed by atoms with Crippen molar-refractivity contribution in [3.63, 3.8) is 0 Å². The van der Waals surface area contributed by atoms with Crippen molar-refractivity contribution in [3.8, 4) is 0 Å². The predicted molar refractivity (Wildman–Crippen MR) is 87.0 cm³/mol. The minimum Gasteiger partial charge on any atom is -0.369 e. The Morgan fingerprint density at radius 3 is 1.07 bits per heavy atom. The Labute approximate surface area is 200 Å². The van der Waals surface area contributed by atoms with E-state index in [2.05, 4.69) is 27.1 Å². The molecule has 0 fully saturated rings. The van der Waals surface area contributed by atoms with Crippen molar-refractivity contribution >= 4 is 35.8 Å². The van der Waals surface area contributed by atoms with Crippen LogP contribution < -0.4 is 11.5 Å². The van der Waals surface area contributed by atoms with Crippen LogP contribution >= 0.6 is 23.9 Å². The van der Waals surface area contributed by atoms with Gasteiger partial charge in [-0.25, -0.2) is 9.13 Å². The van der Waals surface area contributed by atoms with E-state index in [1.165, 1.54) is 0 Å². The third-order valence-electron chi connectivity index (χ3n) is 1.66. The Balaban J connectivity index is -0.0000000998. The van der Waals surface area contributed by atoms with Gasteiger partial charge in [0, 0.05) is 80.8 Å². The van der Waals surface area contributed by atoms with E-state index in [4.69, 9.17) is 25.8 Å². The second kappa shape index (κ2) is 22.8. The van der Waals surface area contributed by atoms with Crippen LogP contribution in [0.3, 0.4) is 0 Å². The Morgan fingerprint density at radius 1 is 0.786 bits per heavy atom. The van der Waals surface area contributed by atoms with E-state index in [0.29, 0.717) is 0 Å². The van der Waals surface area contributed by atoms with Crippen LogP contribution in [0.2, 0.25) is 0 Å².